The van der Waals surface area contributed by atoms with Crippen LogP contribution in [0.25, 0.3) is 10.9 Å². The first-order chi connectivity index (χ1) is 12.2. The van der Waals surface area contributed by atoms with E-state index in [1.807, 2.05) is 30.3 Å². The molecule has 2 aromatic carbocycles. The summed E-state index contributed by atoms with van der Waals surface area (Å²) in [4.78, 5) is 25.7. The number of ether oxygens (including phenoxy) is 1. The molecule has 130 valence electrons. The number of para-hydroxylation sites is 1. The molecule has 0 saturated heterocycles. The van der Waals surface area contributed by atoms with E-state index in [-0.39, 0.29) is 17.8 Å². The highest BCUT2D eigenvalue weighted by Gasteiger charge is 2.13. The highest BCUT2D eigenvalue weighted by molar-refractivity contribution is 6.17. The molecule has 6 heteroatoms. The van der Waals surface area contributed by atoms with Gasteiger partial charge in [0.05, 0.1) is 24.6 Å². The van der Waals surface area contributed by atoms with Crippen molar-refractivity contribution in [3.05, 3.63) is 74.9 Å². The Morgan fingerprint density at radius 1 is 1.00 bits per heavy atom. The maximum atomic E-state index is 12.9. The van der Waals surface area contributed by atoms with Crippen molar-refractivity contribution in [3.63, 3.8) is 0 Å². The predicted octanol–water partition coefficient (Wildman–Crippen LogP) is 2.85. The molecule has 0 spiro atoms. The van der Waals surface area contributed by atoms with E-state index in [1.165, 1.54) is 4.57 Å². The summed E-state index contributed by atoms with van der Waals surface area (Å²) in [6.45, 7) is 0.694. The van der Waals surface area contributed by atoms with E-state index >= 15 is 0 Å². The van der Waals surface area contributed by atoms with Gasteiger partial charge in [-0.1, -0.05) is 24.3 Å². The molecule has 0 amide bonds. The third-order valence-corrected chi connectivity index (χ3v) is 4.41. The lowest BCUT2D eigenvalue weighted by molar-refractivity contribution is 0.414. The Labute approximate surface area is 150 Å². The van der Waals surface area contributed by atoms with E-state index in [1.54, 1.807) is 29.9 Å². The Morgan fingerprint density at radius 2 is 1.72 bits per heavy atom. The molecule has 5 nitrogen and oxygen atoms in total. The molecular weight excluding hydrogens is 340 g/mol. The van der Waals surface area contributed by atoms with Gasteiger partial charge in [0.2, 0.25) is 0 Å². The minimum Gasteiger partial charge on any atom is -0.497 e. The van der Waals surface area contributed by atoms with Crippen LogP contribution in [0, 0.1) is 0 Å². The number of alkyl halides is 1. The van der Waals surface area contributed by atoms with Gasteiger partial charge < -0.3 is 4.74 Å². The number of aromatic nitrogens is 2. The fourth-order valence-corrected chi connectivity index (χ4v) is 2.98. The van der Waals surface area contributed by atoms with Gasteiger partial charge in [-0.3, -0.25) is 13.9 Å². The minimum atomic E-state index is -0.315. The fourth-order valence-electron chi connectivity index (χ4n) is 2.86. The van der Waals surface area contributed by atoms with Gasteiger partial charge in [0.1, 0.15) is 5.75 Å². The molecule has 0 aliphatic rings. The maximum absolute atomic E-state index is 12.9. The average Bonchev–Trinajstić information content (AvgIpc) is 2.65. The molecule has 1 heterocycles. The number of fused-ring (bicyclic) bond motifs is 1. The van der Waals surface area contributed by atoms with E-state index in [2.05, 4.69) is 0 Å². The number of benzene rings is 2. The zero-order valence-corrected chi connectivity index (χ0v) is 14.7. The first-order valence-corrected chi connectivity index (χ1v) is 8.60. The Balaban J connectivity index is 2.13. The molecule has 3 aromatic rings. The monoisotopic (exact) mass is 358 g/mol. The molecule has 3 rings (SSSR count). The molecule has 0 aliphatic heterocycles. The lowest BCUT2D eigenvalue weighted by Gasteiger charge is -2.14. The Hall–Kier alpha value is -2.53. The van der Waals surface area contributed by atoms with E-state index < -0.39 is 0 Å². The third-order valence-electron chi connectivity index (χ3n) is 4.15. The smallest absolute Gasteiger partial charge is 0.331 e. The fraction of sp³-hybridized carbons (Fsp3) is 0.263. The molecule has 0 unspecified atom stereocenters. The largest absolute Gasteiger partial charge is 0.497 e. The van der Waals surface area contributed by atoms with Crippen LogP contribution in [0.2, 0.25) is 0 Å². The maximum Gasteiger partial charge on any atom is 0.331 e. The van der Waals surface area contributed by atoms with Crippen molar-refractivity contribution in [1.82, 2.24) is 9.13 Å². The molecule has 0 aliphatic carbocycles. The first kappa shape index (κ1) is 17.3. The van der Waals surface area contributed by atoms with Crippen molar-refractivity contribution in [2.45, 2.75) is 19.5 Å². The summed E-state index contributed by atoms with van der Waals surface area (Å²) < 4.78 is 8.04. The normalized spacial score (nSPS) is 11.0. The van der Waals surface area contributed by atoms with Crippen molar-refractivity contribution in [3.8, 4) is 5.75 Å². The Morgan fingerprint density at radius 3 is 2.40 bits per heavy atom. The molecule has 0 bridgehead atoms. The summed E-state index contributed by atoms with van der Waals surface area (Å²) in [6.07, 6.45) is 0.659. The average molecular weight is 359 g/mol. The Kier molecular flexibility index (Phi) is 5.24. The van der Waals surface area contributed by atoms with Gasteiger partial charge in [0.25, 0.3) is 5.56 Å². The molecule has 0 fully saturated rings. The van der Waals surface area contributed by atoms with Gasteiger partial charge in [-0.25, -0.2) is 4.79 Å². The number of halogens is 1. The molecule has 0 saturated carbocycles. The van der Waals surface area contributed by atoms with Crippen LogP contribution in [0.5, 0.6) is 5.75 Å². The molecule has 0 atom stereocenters. The van der Waals surface area contributed by atoms with Crippen LogP contribution < -0.4 is 16.0 Å². The number of rotatable bonds is 6. The predicted molar refractivity (Wildman–Crippen MR) is 99.9 cm³/mol. The summed E-state index contributed by atoms with van der Waals surface area (Å²) in [5.41, 5.74) is 0.913. The number of hydrogen-bond acceptors (Lipinski definition) is 3. The summed E-state index contributed by atoms with van der Waals surface area (Å²) >= 11 is 5.79. The molecule has 25 heavy (non-hydrogen) atoms. The molecule has 0 radical (unpaired) electrons. The van der Waals surface area contributed by atoms with Crippen LogP contribution in [-0.2, 0) is 13.1 Å². The van der Waals surface area contributed by atoms with Crippen LogP contribution in [0.15, 0.2) is 58.1 Å². The lowest BCUT2D eigenvalue weighted by Crippen LogP contribution is -2.40. The van der Waals surface area contributed by atoms with Crippen molar-refractivity contribution in [1.29, 1.82) is 0 Å². The van der Waals surface area contributed by atoms with E-state index in [0.717, 1.165) is 11.3 Å². The van der Waals surface area contributed by atoms with E-state index in [9.17, 15) is 9.59 Å². The summed E-state index contributed by atoms with van der Waals surface area (Å²) in [7, 11) is 1.60. The van der Waals surface area contributed by atoms with Crippen molar-refractivity contribution in [2.75, 3.05) is 13.0 Å². The highest BCUT2D eigenvalue weighted by Crippen LogP contribution is 2.13. The number of methoxy groups -OCH3 is 1. The van der Waals surface area contributed by atoms with Gasteiger partial charge in [0, 0.05) is 12.4 Å². The van der Waals surface area contributed by atoms with Crippen molar-refractivity contribution >= 4 is 22.5 Å². The highest BCUT2D eigenvalue weighted by atomic mass is 35.5. The summed E-state index contributed by atoms with van der Waals surface area (Å²) in [5.74, 6) is 1.19. The van der Waals surface area contributed by atoms with Crippen LogP contribution in [0.4, 0.5) is 0 Å². The van der Waals surface area contributed by atoms with Crippen molar-refractivity contribution in [2.24, 2.45) is 0 Å². The molecule has 1 aromatic heterocycles. The summed E-state index contributed by atoms with van der Waals surface area (Å²) in [6, 6.07) is 14.5. The van der Waals surface area contributed by atoms with Gasteiger partial charge >= 0.3 is 5.69 Å². The van der Waals surface area contributed by atoms with Crippen LogP contribution in [-0.4, -0.2) is 22.1 Å². The SMILES string of the molecule is COc1ccc(Cn2c(=O)c3ccccc3n(CCCCl)c2=O)cc1. The van der Waals surface area contributed by atoms with Gasteiger partial charge in [0.15, 0.2) is 0 Å². The van der Waals surface area contributed by atoms with Gasteiger partial charge in [-0.2, -0.15) is 0 Å². The number of hydrogen-bond donors (Lipinski definition) is 0. The second kappa shape index (κ2) is 7.57. The molecular formula is C19H19ClN2O3. The summed E-state index contributed by atoms with van der Waals surface area (Å²) in [5, 5.41) is 0.533. The van der Waals surface area contributed by atoms with Crippen LogP contribution in [0.1, 0.15) is 12.0 Å². The second-order valence-electron chi connectivity index (χ2n) is 5.73. The second-order valence-corrected chi connectivity index (χ2v) is 6.11. The third kappa shape index (κ3) is 3.46. The standard InChI is InChI=1S/C19H19ClN2O3/c1-25-15-9-7-14(8-10-15)13-22-18(23)16-5-2-3-6-17(16)21(19(22)24)12-4-11-20/h2-3,5-10H,4,11-13H2,1H3. The van der Waals surface area contributed by atoms with Crippen LogP contribution >= 0.6 is 11.6 Å². The molecule has 0 N–H and O–H groups in total. The zero-order chi connectivity index (χ0) is 17.8. The minimum absolute atomic E-state index is 0.216. The Bertz CT molecular complexity index is 990. The van der Waals surface area contributed by atoms with E-state index in [4.69, 9.17) is 16.3 Å². The number of nitrogens with zero attached hydrogens (tertiary/aromatic N) is 2. The number of aryl methyl sites for hydroxylation is 1. The van der Waals surface area contributed by atoms with E-state index in [0.29, 0.717) is 29.7 Å². The topological polar surface area (TPSA) is 53.2 Å². The van der Waals surface area contributed by atoms with Gasteiger partial charge in [-0.15, -0.1) is 11.6 Å². The quantitative estimate of drug-likeness (QED) is 0.637. The lowest BCUT2D eigenvalue weighted by atomic mass is 10.2. The van der Waals surface area contributed by atoms with Crippen LogP contribution in [0.3, 0.4) is 0 Å². The van der Waals surface area contributed by atoms with Gasteiger partial charge in [-0.05, 0) is 36.2 Å². The zero-order valence-electron chi connectivity index (χ0n) is 13.9. The first-order valence-electron chi connectivity index (χ1n) is 8.07. The van der Waals surface area contributed by atoms with Crippen molar-refractivity contribution < 1.29 is 4.74 Å².